The molecule has 2 nitrogen and oxygen atoms in total. The lowest BCUT2D eigenvalue weighted by Crippen LogP contribution is -1.91. The van der Waals surface area contributed by atoms with Crippen molar-refractivity contribution >= 4 is 17.7 Å². The Morgan fingerprint density at radius 3 is 2.74 bits per heavy atom. The molecule has 0 spiro atoms. The van der Waals surface area contributed by atoms with Crippen LogP contribution >= 0.6 is 11.6 Å². The molecule has 0 N–H and O–H groups in total. The summed E-state index contributed by atoms with van der Waals surface area (Å²) in [6.07, 6.45) is 4.71. The summed E-state index contributed by atoms with van der Waals surface area (Å²) in [6.45, 7) is 1.85. The lowest BCUT2D eigenvalue weighted by molar-refractivity contribution is 0.341. The molecule has 1 aromatic heterocycles. The largest absolute Gasteiger partial charge is 0.504 e. The van der Waals surface area contributed by atoms with Crippen LogP contribution in [0, 0.1) is 12.7 Å². The molecule has 19 heavy (non-hydrogen) atoms. The summed E-state index contributed by atoms with van der Waals surface area (Å²) in [5, 5.41) is 0.311. The lowest BCUT2D eigenvalue weighted by Gasteiger charge is -2.09. The van der Waals surface area contributed by atoms with Crippen molar-refractivity contribution in [3.8, 4) is 11.1 Å². The van der Waals surface area contributed by atoms with Gasteiger partial charge in [0, 0.05) is 17.3 Å². The Morgan fingerprint density at radius 1 is 1.26 bits per heavy atom. The van der Waals surface area contributed by atoms with E-state index in [4.69, 9.17) is 16.3 Å². The molecule has 98 valence electrons. The van der Waals surface area contributed by atoms with E-state index in [0.29, 0.717) is 21.8 Å². The number of hydrogen-bond acceptors (Lipinski definition) is 2. The Bertz CT molecular complexity index is 626. The number of rotatable bonds is 3. The number of aromatic nitrogens is 1. The highest BCUT2D eigenvalue weighted by Gasteiger charge is 2.11. The third-order valence-electron chi connectivity index (χ3n) is 2.73. The van der Waals surface area contributed by atoms with Crippen LogP contribution in [0.5, 0.6) is 0 Å². The van der Waals surface area contributed by atoms with Crippen molar-refractivity contribution in [1.29, 1.82) is 0 Å². The maximum Gasteiger partial charge on any atom is 0.136 e. The van der Waals surface area contributed by atoms with Gasteiger partial charge in [0.2, 0.25) is 0 Å². The van der Waals surface area contributed by atoms with Crippen molar-refractivity contribution in [1.82, 2.24) is 4.98 Å². The minimum absolute atomic E-state index is 0.283. The average Bonchev–Trinajstić information content (AvgIpc) is 2.37. The molecule has 0 bridgehead atoms. The zero-order chi connectivity index (χ0) is 13.8. The zero-order valence-corrected chi connectivity index (χ0v) is 11.4. The van der Waals surface area contributed by atoms with E-state index in [-0.39, 0.29) is 5.82 Å². The Balaban J connectivity index is 2.61. The van der Waals surface area contributed by atoms with Gasteiger partial charge in [-0.05, 0) is 36.3 Å². The number of benzene rings is 1. The van der Waals surface area contributed by atoms with Gasteiger partial charge in [0.25, 0.3) is 0 Å². The van der Waals surface area contributed by atoms with Crippen LogP contribution in [0.3, 0.4) is 0 Å². The molecule has 0 unspecified atom stereocenters. The van der Waals surface area contributed by atoms with E-state index in [2.05, 4.69) is 4.98 Å². The fourth-order valence-electron chi connectivity index (χ4n) is 1.82. The van der Waals surface area contributed by atoms with Crippen molar-refractivity contribution in [3.63, 3.8) is 0 Å². The second kappa shape index (κ2) is 5.85. The number of halogens is 2. The maximum atomic E-state index is 14.1. The predicted molar refractivity (Wildman–Crippen MR) is 75.4 cm³/mol. The lowest BCUT2D eigenvalue weighted by atomic mass is 10.00. The smallest absolute Gasteiger partial charge is 0.136 e. The zero-order valence-electron chi connectivity index (χ0n) is 10.7. The van der Waals surface area contributed by atoms with Gasteiger partial charge in [-0.3, -0.25) is 0 Å². The monoisotopic (exact) mass is 277 g/mol. The summed E-state index contributed by atoms with van der Waals surface area (Å²) in [4.78, 5) is 4.00. The van der Waals surface area contributed by atoms with Gasteiger partial charge < -0.3 is 4.74 Å². The summed E-state index contributed by atoms with van der Waals surface area (Å²) >= 11 is 6.06. The highest BCUT2D eigenvalue weighted by atomic mass is 35.5. The van der Waals surface area contributed by atoms with E-state index < -0.39 is 0 Å². The predicted octanol–water partition coefficient (Wildman–Crippen LogP) is 4.47. The number of hydrogen-bond donors (Lipinski definition) is 0. The van der Waals surface area contributed by atoms with Gasteiger partial charge in [-0.25, -0.2) is 9.37 Å². The summed E-state index contributed by atoms with van der Waals surface area (Å²) < 4.78 is 18.9. The first-order valence-corrected chi connectivity index (χ1v) is 6.11. The number of aryl methyl sites for hydroxylation is 1. The fraction of sp³-hybridized carbons (Fsp3) is 0.133. The molecule has 0 saturated carbocycles. The van der Waals surface area contributed by atoms with Gasteiger partial charge in [0.05, 0.1) is 13.4 Å². The quantitative estimate of drug-likeness (QED) is 0.610. The van der Waals surface area contributed by atoms with Crippen LogP contribution in [0.25, 0.3) is 17.2 Å². The molecule has 4 heteroatoms. The minimum Gasteiger partial charge on any atom is -0.504 e. The van der Waals surface area contributed by atoms with Crippen LogP contribution in [0.1, 0.15) is 11.1 Å². The molecule has 0 aliphatic carbocycles. The molecule has 0 amide bonds. The van der Waals surface area contributed by atoms with E-state index in [9.17, 15) is 4.39 Å². The van der Waals surface area contributed by atoms with Crippen LogP contribution in [0.2, 0.25) is 5.15 Å². The summed E-state index contributed by atoms with van der Waals surface area (Å²) in [7, 11) is 1.53. The normalized spacial score (nSPS) is 10.9. The molecular formula is C15H13ClFNO. The van der Waals surface area contributed by atoms with Gasteiger partial charge in [-0.2, -0.15) is 0 Å². The second-order valence-corrected chi connectivity index (χ2v) is 4.44. The summed E-state index contributed by atoms with van der Waals surface area (Å²) in [5.41, 5.74) is 2.68. The van der Waals surface area contributed by atoms with Gasteiger partial charge in [0.1, 0.15) is 11.0 Å². The maximum absolute atomic E-state index is 14.1. The van der Waals surface area contributed by atoms with Crippen LogP contribution in [-0.2, 0) is 4.74 Å². The Hall–Kier alpha value is -1.87. The van der Waals surface area contributed by atoms with Gasteiger partial charge in [-0.15, -0.1) is 0 Å². The SMILES string of the molecule is CO/C=C/c1c(-c2ccc(C)cc2F)ccnc1Cl. The van der Waals surface area contributed by atoms with Gasteiger partial charge in [0.15, 0.2) is 0 Å². The highest BCUT2D eigenvalue weighted by molar-refractivity contribution is 6.31. The first kappa shape index (κ1) is 13.6. The Morgan fingerprint density at radius 2 is 2.05 bits per heavy atom. The van der Waals surface area contributed by atoms with Crippen molar-refractivity contribution in [3.05, 3.63) is 58.8 Å². The van der Waals surface area contributed by atoms with Crippen molar-refractivity contribution in [2.75, 3.05) is 7.11 Å². The summed E-state index contributed by atoms with van der Waals surface area (Å²) in [6, 6.07) is 6.82. The molecule has 0 fully saturated rings. The standard InChI is InChI=1S/C15H13ClFNO/c1-10-3-4-12(14(17)9-10)11-5-7-18-15(16)13(11)6-8-19-2/h3-9H,1-2H3/b8-6+. The molecule has 1 heterocycles. The van der Waals surface area contributed by atoms with E-state index >= 15 is 0 Å². The molecule has 0 radical (unpaired) electrons. The topological polar surface area (TPSA) is 22.1 Å². The minimum atomic E-state index is -0.283. The van der Waals surface area contributed by atoms with Crippen molar-refractivity contribution in [2.24, 2.45) is 0 Å². The van der Waals surface area contributed by atoms with Gasteiger partial charge in [-0.1, -0.05) is 23.7 Å². The molecule has 2 aromatic rings. The van der Waals surface area contributed by atoms with E-state index in [1.54, 1.807) is 24.4 Å². The average molecular weight is 278 g/mol. The number of ether oxygens (including phenoxy) is 1. The summed E-state index contributed by atoms with van der Waals surface area (Å²) in [5.74, 6) is -0.283. The van der Waals surface area contributed by atoms with Crippen LogP contribution in [0.4, 0.5) is 4.39 Å². The van der Waals surface area contributed by atoms with Crippen molar-refractivity contribution in [2.45, 2.75) is 6.92 Å². The molecule has 2 rings (SSSR count). The van der Waals surface area contributed by atoms with Crippen LogP contribution in [0.15, 0.2) is 36.7 Å². The highest BCUT2D eigenvalue weighted by Crippen LogP contribution is 2.31. The van der Waals surface area contributed by atoms with E-state index in [0.717, 1.165) is 5.56 Å². The first-order chi connectivity index (χ1) is 9.13. The second-order valence-electron chi connectivity index (χ2n) is 4.08. The molecule has 0 aliphatic rings. The fourth-order valence-corrected chi connectivity index (χ4v) is 2.04. The molecule has 1 aromatic carbocycles. The van der Waals surface area contributed by atoms with Crippen molar-refractivity contribution < 1.29 is 9.13 Å². The number of pyridine rings is 1. The first-order valence-electron chi connectivity index (χ1n) is 5.74. The van der Waals surface area contributed by atoms with Crippen LogP contribution in [-0.4, -0.2) is 12.1 Å². The number of methoxy groups -OCH3 is 1. The molecule has 0 saturated heterocycles. The molecule has 0 aliphatic heterocycles. The van der Waals surface area contributed by atoms with E-state index in [1.165, 1.54) is 19.4 Å². The Kier molecular flexibility index (Phi) is 4.17. The molecule has 0 atom stereocenters. The van der Waals surface area contributed by atoms with Crippen LogP contribution < -0.4 is 0 Å². The van der Waals surface area contributed by atoms with Gasteiger partial charge >= 0.3 is 0 Å². The number of nitrogens with zero attached hydrogens (tertiary/aromatic N) is 1. The Labute approximate surface area is 116 Å². The molecular weight excluding hydrogens is 265 g/mol. The van der Waals surface area contributed by atoms with E-state index in [1.807, 2.05) is 13.0 Å². The third-order valence-corrected chi connectivity index (χ3v) is 3.03. The third kappa shape index (κ3) is 2.93.